The minimum absolute atomic E-state index is 0.0186. The van der Waals surface area contributed by atoms with Crippen molar-refractivity contribution < 1.29 is 4.74 Å². The molecule has 2 atom stereocenters. The van der Waals surface area contributed by atoms with Gasteiger partial charge in [0.1, 0.15) is 0 Å². The Morgan fingerprint density at radius 3 is 2.80 bits per heavy atom. The van der Waals surface area contributed by atoms with Gasteiger partial charge in [-0.3, -0.25) is 0 Å². The lowest BCUT2D eigenvalue weighted by molar-refractivity contribution is 0.0291. The summed E-state index contributed by atoms with van der Waals surface area (Å²) in [5.41, 5.74) is 6.21. The maximum absolute atomic E-state index is 6.21. The van der Waals surface area contributed by atoms with E-state index in [2.05, 4.69) is 0 Å². The van der Waals surface area contributed by atoms with E-state index in [9.17, 15) is 0 Å². The van der Waals surface area contributed by atoms with Crippen molar-refractivity contribution in [3.8, 4) is 0 Å². The Morgan fingerprint density at radius 1 is 1.60 bits per heavy atom. The Bertz CT molecular complexity index is 324. The fraction of sp³-hybridized carbons (Fsp3) is 0.636. The zero-order chi connectivity index (χ0) is 10.8. The standard InChI is InChI=1S/C11H16ClNOS/c1-2-14-11(7-3-4-7)10(13)8-5-6-9(12)15-8/h5-7,10-11H,2-4,13H2,1H3. The molecule has 15 heavy (non-hydrogen) atoms. The molecule has 2 unspecified atom stereocenters. The third kappa shape index (κ3) is 2.72. The van der Waals surface area contributed by atoms with Gasteiger partial charge in [0.15, 0.2) is 0 Å². The fourth-order valence-corrected chi connectivity index (χ4v) is 2.92. The molecule has 1 aromatic rings. The first-order chi connectivity index (χ1) is 7.22. The average molecular weight is 246 g/mol. The van der Waals surface area contributed by atoms with Crippen LogP contribution < -0.4 is 5.73 Å². The first-order valence-corrected chi connectivity index (χ1v) is 6.54. The number of hydrogen-bond donors (Lipinski definition) is 1. The van der Waals surface area contributed by atoms with Crippen LogP contribution in [0.15, 0.2) is 12.1 Å². The number of nitrogens with two attached hydrogens (primary N) is 1. The molecule has 1 aromatic heterocycles. The van der Waals surface area contributed by atoms with Crippen LogP contribution >= 0.6 is 22.9 Å². The van der Waals surface area contributed by atoms with Crippen molar-refractivity contribution in [3.63, 3.8) is 0 Å². The van der Waals surface area contributed by atoms with Crippen LogP contribution in [-0.4, -0.2) is 12.7 Å². The van der Waals surface area contributed by atoms with Gasteiger partial charge < -0.3 is 10.5 Å². The first kappa shape index (κ1) is 11.4. The van der Waals surface area contributed by atoms with Gasteiger partial charge in [-0.15, -0.1) is 11.3 Å². The molecule has 0 spiro atoms. The van der Waals surface area contributed by atoms with E-state index in [1.54, 1.807) is 11.3 Å². The molecule has 1 saturated carbocycles. The highest BCUT2D eigenvalue weighted by molar-refractivity contribution is 7.16. The van der Waals surface area contributed by atoms with Crippen molar-refractivity contribution in [2.75, 3.05) is 6.61 Å². The van der Waals surface area contributed by atoms with E-state index in [-0.39, 0.29) is 12.1 Å². The highest BCUT2D eigenvalue weighted by Crippen LogP contribution is 2.40. The minimum Gasteiger partial charge on any atom is -0.376 e. The smallest absolute Gasteiger partial charge is 0.0931 e. The van der Waals surface area contributed by atoms with Crippen LogP contribution in [0, 0.1) is 5.92 Å². The summed E-state index contributed by atoms with van der Waals surface area (Å²) < 4.78 is 6.53. The molecule has 0 aliphatic heterocycles. The van der Waals surface area contributed by atoms with E-state index in [1.807, 2.05) is 19.1 Å². The molecule has 2 N–H and O–H groups in total. The molecule has 2 nitrogen and oxygen atoms in total. The van der Waals surface area contributed by atoms with Gasteiger partial charge in [-0.2, -0.15) is 0 Å². The van der Waals surface area contributed by atoms with Crippen molar-refractivity contribution in [3.05, 3.63) is 21.3 Å². The lowest BCUT2D eigenvalue weighted by Crippen LogP contribution is -2.30. The van der Waals surface area contributed by atoms with Crippen LogP contribution in [0.1, 0.15) is 30.7 Å². The fourth-order valence-electron chi connectivity index (χ4n) is 1.82. The molecule has 84 valence electrons. The third-order valence-electron chi connectivity index (χ3n) is 2.72. The summed E-state index contributed by atoms with van der Waals surface area (Å²) in [7, 11) is 0. The first-order valence-electron chi connectivity index (χ1n) is 5.34. The maximum atomic E-state index is 6.21. The molecule has 0 bridgehead atoms. The van der Waals surface area contributed by atoms with Crippen molar-refractivity contribution >= 4 is 22.9 Å². The summed E-state index contributed by atoms with van der Waals surface area (Å²) in [6.45, 7) is 2.75. The summed E-state index contributed by atoms with van der Waals surface area (Å²) in [4.78, 5) is 1.13. The van der Waals surface area contributed by atoms with E-state index < -0.39 is 0 Å². The molecule has 0 saturated heterocycles. The van der Waals surface area contributed by atoms with Crippen LogP contribution in [0.4, 0.5) is 0 Å². The number of halogens is 1. The Balaban J connectivity index is 2.06. The average Bonchev–Trinajstić information content (AvgIpc) is 2.96. The molecule has 0 radical (unpaired) electrons. The summed E-state index contributed by atoms with van der Waals surface area (Å²) in [6.07, 6.45) is 2.67. The highest BCUT2D eigenvalue weighted by Gasteiger charge is 2.36. The Labute approximate surface area is 99.4 Å². The molecule has 0 aromatic carbocycles. The van der Waals surface area contributed by atoms with Crippen LogP contribution in [0.25, 0.3) is 0 Å². The van der Waals surface area contributed by atoms with Crippen molar-refractivity contribution in [1.82, 2.24) is 0 Å². The van der Waals surface area contributed by atoms with Gasteiger partial charge in [0, 0.05) is 11.5 Å². The van der Waals surface area contributed by atoms with Gasteiger partial charge >= 0.3 is 0 Å². The predicted molar refractivity (Wildman–Crippen MR) is 64.4 cm³/mol. The van der Waals surface area contributed by atoms with Crippen molar-refractivity contribution in [2.24, 2.45) is 11.7 Å². The third-order valence-corrected chi connectivity index (χ3v) is 4.05. The van der Waals surface area contributed by atoms with Gasteiger partial charge in [-0.05, 0) is 37.8 Å². The molecule has 1 aliphatic carbocycles. The SMILES string of the molecule is CCOC(C1CC1)C(N)c1ccc(Cl)s1. The normalized spacial score (nSPS) is 20.2. The van der Waals surface area contributed by atoms with Gasteiger partial charge in [0.25, 0.3) is 0 Å². The molecular formula is C11H16ClNOS. The summed E-state index contributed by atoms with van der Waals surface area (Å²) in [5.74, 6) is 0.654. The quantitative estimate of drug-likeness (QED) is 0.865. The van der Waals surface area contributed by atoms with E-state index in [4.69, 9.17) is 22.1 Å². The van der Waals surface area contributed by atoms with Crippen LogP contribution in [0.2, 0.25) is 4.34 Å². The Hall–Kier alpha value is -0.0900. The second-order valence-corrected chi connectivity index (χ2v) is 5.67. The second-order valence-electron chi connectivity index (χ2n) is 3.93. The molecular weight excluding hydrogens is 230 g/mol. The van der Waals surface area contributed by atoms with Crippen LogP contribution in [0.5, 0.6) is 0 Å². The zero-order valence-corrected chi connectivity index (χ0v) is 10.4. The summed E-state index contributed by atoms with van der Waals surface area (Å²) >= 11 is 7.46. The lowest BCUT2D eigenvalue weighted by Gasteiger charge is -2.22. The summed E-state index contributed by atoms with van der Waals surface area (Å²) in [5, 5.41) is 0. The Morgan fingerprint density at radius 2 is 2.33 bits per heavy atom. The van der Waals surface area contributed by atoms with E-state index in [0.29, 0.717) is 5.92 Å². The van der Waals surface area contributed by atoms with E-state index in [1.165, 1.54) is 12.8 Å². The van der Waals surface area contributed by atoms with E-state index >= 15 is 0 Å². The number of ether oxygens (including phenoxy) is 1. The Kier molecular flexibility index (Phi) is 3.67. The summed E-state index contributed by atoms with van der Waals surface area (Å²) in [6, 6.07) is 3.89. The van der Waals surface area contributed by atoms with Gasteiger partial charge in [-0.25, -0.2) is 0 Å². The van der Waals surface area contributed by atoms with Crippen molar-refractivity contribution in [1.29, 1.82) is 0 Å². The molecule has 0 amide bonds. The van der Waals surface area contributed by atoms with Crippen LogP contribution in [0.3, 0.4) is 0 Å². The predicted octanol–water partition coefficient (Wildman–Crippen LogP) is 3.22. The number of rotatable bonds is 5. The lowest BCUT2D eigenvalue weighted by atomic mass is 10.1. The van der Waals surface area contributed by atoms with Gasteiger partial charge in [0.2, 0.25) is 0 Å². The van der Waals surface area contributed by atoms with Crippen molar-refractivity contribution in [2.45, 2.75) is 31.9 Å². The minimum atomic E-state index is -0.0186. The number of hydrogen-bond acceptors (Lipinski definition) is 3. The largest absolute Gasteiger partial charge is 0.376 e. The van der Waals surface area contributed by atoms with Gasteiger partial charge in [-0.1, -0.05) is 11.6 Å². The molecule has 1 fully saturated rings. The maximum Gasteiger partial charge on any atom is 0.0931 e. The second kappa shape index (κ2) is 4.83. The molecule has 2 rings (SSSR count). The van der Waals surface area contributed by atoms with Gasteiger partial charge in [0.05, 0.1) is 16.5 Å². The highest BCUT2D eigenvalue weighted by atomic mass is 35.5. The van der Waals surface area contributed by atoms with E-state index in [0.717, 1.165) is 15.8 Å². The molecule has 4 heteroatoms. The topological polar surface area (TPSA) is 35.2 Å². The zero-order valence-electron chi connectivity index (χ0n) is 8.78. The molecule has 1 heterocycles. The monoisotopic (exact) mass is 245 g/mol. The van der Waals surface area contributed by atoms with Crippen LogP contribution in [-0.2, 0) is 4.74 Å². The number of thiophene rings is 1. The molecule has 1 aliphatic rings.